The van der Waals surface area contributed by atoms with Crippen molar-refractivity contribution >= 4 is 11.8 Å². The number of aliphatic hydroxyl groups excluding tert-OH is 1. The standard InChI is InChI=1S/C48H46N2O8/c1-27(52)56-25-38-35-13-14-36-44-31(19-32(53)21-42(44)57-26-51)24-48-18-17-30(23-48)33(12-11-28-7-4-3-5-8-28)34-15-16-43(49)50-39(34)10-6-9-29-20-40(54)41(55-2)22-37(29)46(38)58-47(35)45(36)48/h3-5,7-8,13-16,19-22,30,33,38,46,51,53-54H,9,11-12,17-18,23-26H2,1-2H3,(H2,49,50)/t30-,33-,38+,46-,48+/m1/s1. The monoisotopic (exact) mass is 778 g/mol. The lowest BCUT2D eigenvalue weighted by molar-refractivity contribution is -0.141. The molecule has 2 aliphatic carbocycles. The molecule has 10 nitrogen and oxygen atoms in total. The summed E-state index contributed by atoms with van der Waals surface area (Å²) in [6, 6.07) is 25.5. The number of hydrogen-bond donors (Lipinski definition) is 4. The molecule has 9 rings (SSSR count). The van der Waals surface area contributed by atoms with Gasteiger partial charge in [0.05, 0.1) is 13.0 Å². The molecule has 4 aliphatic rings. The summed E-state index contributed by atoms with van der Waals surface area (Å²) in [6.07, 6.45) is 4.58. The summed E-state index contributed by atoms with van der Waals surface area (Å²) in [5.74, 6) is 8.15. The molecule has 0 amide bonds. The van der Waals surface area contributed by atoms with E-state index in [1.165, 1.54) is 19.6 Å². The summed E-state index contributed by atoms with van der Waals surface area (Å²) in [6.45, 7) is 0.912. The summed E-state index contributed by atoms with van der Waals surface area (Å²) >= 11 is 0. The van der Waals surface area contributed by atoms with Crippen molar-refractivity contribution in [1.82, 2.24) is 4.98 Å². The largest absolute Gasteiger partial charge is 0.508 e. The van der Waals surface area contributed by atoms with Gasteiger partial charge in [-0.25, -0.2) is 4.98 Å². The Bertz CT molecular complexity index is 2490. The van der Waals surface area contributed by atoms with E-state index in [-0.39, 0.29) is 42.1 Å². The summed E-state index contributed by atoms with van der Waals surface area (Å²) in [4.78, 5) is 17.2. The summed E-state index contributed by atoms with van der Waals surface area (Å²) in [5, 5.41) is 32.1. The topological polar surface area (TPSA) is 154 Å². The van der Waals surface area contributed by atoms with Crippen molar-refractivity contribution in [2.45, 2.75) is 75.2 Å². The first kappa shape index (κ1) is 37.4. The van der Waals surface area contributed by atoms with E-state index in [1.54, 1.807) is 18.2 Å². The Morgan fingerprint density at radius 2 is 1.81 bits per heavy atom. The zero-order valence-electron chi connectivity index (χ0n) is 32.6. The van der Waals surface area contributed by atoms with E-state index in [1.807, 2.05) is 24.3 Å². The molecule has 1 saturated carbocycles. The maximum atomic E-state index is 12.4. The number of methoxy groups -OCH3 is 1. The summed E-state index contributed by atoms with van der Waals surface area (Å²) < 4.78 is 24.5. The van der Waals surface area contributed by atoms with Gasteiger partial charge in [0.15, 0.2) is 18.3 Å². The highest BCUT2D eigenvalue weighted by atomic mass is 16.6. The molecule has 296 valence electrons. The molecule has 10 heteroatoms. The molecular weight excluding hydrogens is 733 g/mol. The molecule has 1 spiro atoms. The number of aromatic nitrogens is 1. The van der Waals surface area contributed by atoms with Crippen LogP contribution < -0.4 is 19.9 Å². The molecule has 0 unspecified atom stereocenters. The number of nitrogens with two attached hydrogens (primary N) is 1. The third kappa shape index (κ3) is 6.53. The molecule has 0 saturated heterocycles. The predicted molar refractivity (Wildman–Crippen MR) is 218 cm³/mol. The van der Waals surface area contributed by atoms with Crippen LogP contribution in [0, 0.1) is 17.8 Å². The number of aromatic hydroxyl groups is 2. The number of hydrogen-bond acceptors (Lipinski definition) is 10. The fraction of sp³-hybridized carbons (Fsp3) is 0.333. The van der Waals surface area contributed by atoms with Gasteiger partial charge < -0.3 is 40.0 Å². The minimum absolute atomic E-state index is 0.0262. The Kier molecular flexibility index (Phi) is 9.65. The van der Waals surface area contributed by atoms with Crippen LogP contribution in [0.4, 0.5) is 5.82 Å². The van der Waals surface area contributed by atoms with Gasteiger partial charge in [-0.05, 0) is 108 Å². The molecule has 3 heterocycles. The number of ether oxygens (including phenoxy) is 4. The van der Waals surface area contributed by atoms with Crippen molar-refractivity contribution in [3.05, 3.63) is 124 Å². The van der Waals surface area contributed by atoms with Crippen molar-refractivity contribution < 1.29 is 39.1 Å². The van der Waals surface area contributed by atoms with E-state index in [4.69, 9.17) is 29.7 Å². The van der Waals surface area contributed by atoms with Crippen LogP contribution >= 0.6 is 0 Å². The van der Waals surface area contributed by atoms with Gasteiger partial charge >= 0.3 is 5.97 Å². The first-order chi connectivity index (χ1) is 28.2. The zero-order valence-corrected chi connectivity index (χ0v) is 32.6. The number of phenolic OH excluding ortho intramolecular Hbond substituents is 2. The number of benzene rings is 4. The minimum Gasteiger partial charge on any atom is -0.508 e. The molecule has 0 radical (unpaired) electrons. The Morgan fingerprint density at radius 3 is 2.60 bits per heavy atom. The Hall–Kier alpha value is -6.18. The highest BCUT2D eigenvalue weighted by Gasteiger charge is 2.52. The summed E-state index contributed by atoms with van der Waals surface area (Å²) in [7, 11) is 1.51. The molecule has 4 aromatic carbocycles. The Labute approximate surface area is 337 Å². The second kappa shape index (κ2) is 15.0. The van der Waals surface area contributed by atoms with Crippen LogP contribution in [0.1, 0.15) is 95.2 Å². The van der Waals surface area contributed by atoms with E-state index in [2.05, 4.69) is 48.2 Å². The lowest BCUT2D eigenvalue weighted by atomic mass is 9.64. The smallest absolute Gasteiger partial charge is 0.302 e. The Balaban J connectivity index is 1.30. The number of pyridine rings is 1. The molecule has 4 bridgehead atoms. The highest BCUT2D eigenvalue weighted by molar-refractivity contribution is 5.84. The van der Waals surface area contributed by atoms with Gasteiger partial charge in [0.2, 0.25) is 0 Å². The van der Waals surface area contributed by atoms with Crippen LogP contribution in [-0.4, -0.2) is 46.8 Å². The number of aryl methyl sites for hydroxylation is 1. The van der Waals surface area contributed by atoms with Crippen molar-refractivity contribution in [2.75, 3.05) is 26.2 Å². The highest BCUT2D eigenvalue weighted by Crippen LogP contribution is 2.63. The lowest BCUT2D eigenvalue weighted by Gasteiger charge is -2.40. The van der Waals surface area contributed by atoms with Crippen molar-refractivity contribution in [3.63, 3.8) is 0 Å². The SMILES string of the molecule is COc1cc2c(cc1O)CC#Cc1nc(N)ccc1[C@H](CCc1ccccc1)[C@@H]1CC[C@@]3(Cc4cc(O)cc(OCO)c4-c4ccc5c(c43)O[C@H]2[C@H]5COC(C)=O)C1. The number of carbonyl (C=O) groups excluding carboxylic acids is 1. The minimum atomic E-state index is -0.624. The number of nitrogens with zero attached hydrogens (tertiary/aromatic N) is 1. The first-order valence-electron chi connectivity index (χ1n) is 19.9. The normalized spacial score (nSPS) is 22.1. The van der Waals surface area contributed by atoms with Crippen LogP contribution in [-0.2, 0) is 34.2 Å². The second-order valence-electron chi connectivity index (χ2n) is 16.1. The van der Waals surface area contributed by atoms with Gasteiger partial charge in [-0.3, -0.25) is 4.79 Å². The van der Waals surface area contributed by atoms with Gasteiger partial charge in [-0.2, -0.15) is 0 Å². The Morgan fingerprint density at radius 1 is 0.983 bits per heavy atom. The zero-order chi connectivity index (χ0) is 40.1. The molecule has 1 aromatic heterocycles. The third-order valence-corrected chi connectivity index (χ3v) is 12.8. The van der Waals surface area contributed by atoms with Crippen LogP contribution in [0.3, 0.4) is 0 Å². The molecule has 5 atom stereocenters. The number of rotatable bonds is 8. The molecule has 58 heavy (non-hydrogen) atoms. The van der Waals surface area contributed by atoms with Crippen molar-refractivity contribution in [2.24, 2.45) is 5.92 Å². The number of esters is 1. The quantitative estimate of drug-likeness (QED) is 0.0698. The third-order valence-electron chi connectivity index (χ3n) is 12.8. The van der Waals surface area contributed by atoms with E-state index in [0.717, 1.165) is 82.4 Å². The fourth-order valence-corrected chi connectivity index (χ4v) is 10.4. The van der Waals surface area contributed by atoms with E-state index >= 15 is 0 Å². The summed E-state index contributed by atoms with van der Waals surface area (Å²) in [5.41, 5.74) is 15.0. The average molecular weight is 779 g/mol. The molecule has 2 aliphatic heterocycles. The van der Waals surface area contributed by atoms with Crippen LogP contribution in [0.5, 0.6) is 28.7 Å². The number of carbonyl (C=O) groups is 1. The van der Waals surface area contributed by atoms with Gasteiger partial charge in [0.25, 0.3) is 0 Å². The number of aliphatic hydroxyl groups is 1. The molecular formula is C48H46N2O8. The van der Waals surface area contributed by atoms with Gasteiger partial charge in [-0.15, -0.1) is 0 Å². The van der Waals surface area contributed by atoms with E-state index in [0.29, 0.717) is 23.7 Å². The molecule has 1 fully saturated rings. The molecule has 5 aromatic rings. The van der Waals surface area contributed by atoms with E-state index in [9.17, 15) is 20.1 Å². The number of phenols is 2. The van der Waals surface area contributed by atoms with Crippen molar-refractivity contribution in [1.29, 1.82) is 0 Å². The van der Waals surface area contributed by atoms with Crippen LogP contribution in [0.25, 0.3) is 11.1 Å². The number of fused-ring (bicyclic) bond motifs is 7. The van der Waals surface area contributed by atoms with Crippen LogP contribution in [0.2, 0.25) is 0 Å². The second-order valence-corrected chi connectivity index (χ2v) is 16.1. The number of nitrogen functional groups attached to an aromatic ring is 1. The van der Waals surface area contributed by atoms with Crippen LogP contribution in [0.15, 0.2) is 78.9 Å². The predicted octanol–water partition coefficient (Wildman–Crippen LogP) is 7.78. The van der Waals surface area contributed by atoms with Gasteiger partial charge in [0.1, 0.15) is 41.5 Å². The van der Waals surface area contributed by atoms with Crippen molar-refractivity contribution in [3.8, 4) is 51.7 Å². The fourth-order valence-electron chi connectivity index (χ4n) is 10.4. The maximum absolute atomic E-state index is 12.4. The maximum Gasteiger partial charge on any atom is 0.302 e. The van der Waals surface area contributed by atoms with Gasteiger partial charge in [-0.1, -0.05) is 54.5 Å². The number of anilines is 1. The average Bonchev–Trinajstić information content (AvgIpc) is 3.79. The molecule has 5 N–H and O–H groups in total. The van der Waals surface area contributed by atoms with Gasteiger partial charge in [0, 0.05) is 47.1 Å². The van der Waals surface area contributed by atoms with E-state index < -0.39 is 30.2 Å². The first-order valence-corrected chi connectivity index (χ1v) is 19.9. The lowest BCUT2D eigenvalue weighted by Crippen LogP contribution is -2.31.